The number of carbonyl (C=O) groups excluding carboxylic acids is 1. The summed E-state index contributed by atoms with van der Waals surface area (Å²) in [4.78, 5) is 53.5. The van der Waals surface area contributed by atoms with Crippen LogP contribution < -0.4 is 11.1 Å². The molecular weight excluding hydrogens is 531 g/mol. The highest BCUT2D eigenvalue weighted by Gasteiger charge is 2.45. The predicted molar refractivity (Wildman–Crippen MR) is 137 cm³/mol. The zero-order chi connectivity index (χ0) is 29.2. The maximum absolute atomic E-state index is 13.1. The second kappa shape index (κ2) is 11.1. The molecule has 3 aromatic rings. The minimum Gasteiger partial charge on any atom is -0.475 e. The molecule has 5 rings (SSSR count). The average Bonchev–Trinajstić information content (AvgIpc) is 3.24. The van der Waals surface area contributed by atoms with Gasteiger partial charge in [-0.1, -0.05) is 23.3 Å². The molecule has 1 fully saturated rings. The van der Waals surface area contributed by atoms with Crippen molar-refractivity contribution in [3.8, 4) is 0 Å². The standard InChI is InChI=1S/C25H27N5O3.C2HF3O2/c1-17-12-18(2)14-20(13-17)21(31)28-9-5-25(6-10-28)7-11-29-22(32)23(33)30(27-24(25)29)16-19-4-3-8-26-15-19;3-2(4,5)1(6)7/h3-4,8,12-15H,5-7,9-11,16H2,1-2H3;(H,6,7). The molecule has 10 nitrogen and oxygen atoms in total. The first kappa shape index (κ1) is 28.7. The number of likely N-dealkylation sites (tertiary alicyclic amines) is 1. The number of hydrogen-bond donors (Lipinski definition) is 1. The number of halogens is 3. The van der Waals surface area contributed by atoms with Gasteiger partial charge in [0, 0.05) is 43.0 Å². The Bertz CT molecular complexity index is 1520. The van der Waals surface area contributed by atoms with Crippen molar-refractivity contribution < 1.29 is 27.9 Å². The van der Waals surface area contributed by atoms with E-state index >= 15 is 0 Å². The molecule has 0 unspecified atom stereocenters. The Morgan fingerprint density at radius 3 is 2.15 bits per heavy atom. The summed E-state index contributed by atoms with van der Waals surface area (Å²) in [6.45, 7) is 5.91. The third kappa shape index (κ3) is 5.97. The molecule has 1 spiro atoms. The quantitative estimate of drug-likeness (QED) is 0.489. The number of piperidine rings is 1. The molecule has 0 bridgehead atoms. The minimum absolute atomic E-state index is 0.0431. The molecule has 4 heterocycles. The first-order valence-electron chi connectivity index (χ1n) is 12.6. The van der Waals surface area contributed by atoms with E-state index in [2.05, 4.69) is 16.1 Å². The maximum Gasteiger partial charge on any atom is 0.490 e. The summed E-state index contributed by atoms with van der Waals surface area (Å²) in [6, 6.07) is 9.58. The Balaban J connectivity index is 0.000000470. The zero-order valence-corrected chi connectivity index (χ0v) is 21.9. The summed E-state index contributed by atoms with van der Waals surface area (Å²) in [5.74, 6) is -2.04. The van der Waals surface area contributed by atoms with E-state index in [1.54, 1.807) is 23.0 Å². The van der Waals surface area contributed by atoms with Crippen LogP contribution in [0.2, 0.25) is 0 Å². The van der Waals surface area contributed by atoms with Gasteiger partial charge in [0.15, 0.2) is 0 Å². The Labute approximate surface area is 226 Å². The number of hydrogen-bond acceptors (Lipinski definition) is 6. The summed E-state index contributed by atoms with van der Waals surface area (Å²) in [5, 5.41) is 11.8. The van der Waals surface area contributed by atoms with Crippen molar-refractivity contribution in [3.63, 3.8) is 0 Å². The van der Waals surface area contributed by atoms with Gasteiger partial charge in [-0.05, 0) is 56.9 Å². The van der Waals surface area contributed by atoms with Gasteiger partial charge in [-0.3, -0.25) is 23.9 Å². The molecule has 40 heavy (non-hydrogen) atoms. The van der Waals surface area contributed by atoms with E-state index in [4.69, 9.17) is 9.90 Å². The molecule has 1 saturated heterocycles. The number of carboxylic acids is 1. The first-order valence-corrected chi connectivity index (χ1v) is 12.6. The molecular formula is C27H28F3N5O5. The number of carbonyl (C=O) groups is 2. The highest BCUT2D eigenvalue weighted by Crippen LogP contribution is 2.41. The van der Waals surface area contributed by atoms with Crippen LogP contribution >= 0.6 is 0 Å². The lowest BCUT2D eigenvalue weighted by atomic mass is 9.76. The van der Waals surface area contributed by atoms with Crippen LogP contribution in [0.1, 0.15) is 52.1 Å². The summed E-state index contributed by atoms with van der Waals surface area (Å²) >= 11 is 0. The van der Waals surface area contributed by atoms with Crippen molar-refractivity contribution in [2.45, 2.75) is 57.8 Å². The van der Waals surface area contributed by atoms with Gasteiger partial charge in [-0.15, -0.1) is 0 Å². The van der Waals surface area contributed by atoms with Crippen LogP contribution in [0.4, 0.5) is 13.2 Å². The second-order valence-corrected chi connectivity index (χ2v) is 10.1. The number of benzene rings is 1. The van der Waals surface area contributed by atoms with Crippen LogP contribution in [0.15, 0.2) is 52.3 Å². The fourth-order valence-corrected chi connectivity index (χ4v) is 5.24. The van der Waals surface area contributed by atoms with E-state index in [1.165, 1.54) is 4.68 Å². The van der Waals surface area contributed by atoms with Gasteiger partial charge in [0.2, 0.25) is 0 Å². The topological polar surface area (TPSA) is 127 Å². The predicted octanol–water partition coefficient (Wildman–Crippen LogP) is 2.68. The van der Waals surface area contributed by atoms with Crippen molar-refractivity contribution in [2.75, 3.05) is 13.1 Å². The smallest absolute Gasteiger partial charge is 0.475 e. The Kier molecular flexibility index (Phi) is 7.94. The number of nitrogens with zero attached hydrogens (tertiary/aromatic N) is 5. The SMILES string of the molecule is Cc1cc(C)cc(C(=O)N2CCC3(CC2)CCn2c3nn(Cc3cccnc3)c(=O)c2=O)c1.O=C(O)C(F)(F)F. The number of aliphatic carboxylic acids is 1. The van der Waals surface area contributed by atoms with Gasteiger partial charge < -0.3 is 10.0 Å². The molecule has 0 saturated carbocycles. The van der Waals surface area contributed by atoms with Gasteiger partial charge in [-0.25, -0.2) is 9.48 Å². The van der Waals surface area contributed by atoms with Crippen LogP contribution in [0.25, 0.3) is 0 Å². The van der Waals surface area contributed by atoms with E-state index in [0.717, 1.165) is 41.5 Å². The van der Waals surface area contributed by atoms with Gasteiger partial charge in [0.25, 0.3) is 5.91 Å². The van der Waals surface area contributed by atoms with Gasteiger partial charge in [-0.2, -0.15) is 18.3 Å². The van der Waals surface area contributed by atoms with Gasteiger partial charge in [0.1, 0.15) is 5.82 Å². The van der Waals surface area contributed by atoms with Crippen molar-refractivity contribution >= 4 is 11.9 Å². The van der Waals surface area contributed by atoms with Crippen molar-refractivity contribution in [2.24, 2.45) is 0 Å². The molecule has 0 aliphatic carbocycles. The number of pyridine rings is 1. The summed E-state index contributed by atoms with van der Waals surface area (Å²) in [7, 11) is 0. The molecule has 13 heteroatoms. The number of amides is 1. The number of rotatable bonds is 3. The lowest BCUT2D eigenvalue weighted by Gasteiger charge is -2.38. The molecule has 1 N–H and O–H groups in total. The third-order valence-electron chi connectivity index (χ3n) is 7.20. The monoisotopic (exact) mass is 559 g/mol. The van der Waals surface area contributed by atoms with Crippen molar-refractivity contribution in [3.05, 3.63) is 91.5 Å². The molecule has 2 aromatic heterocycles. The fraction of sp³-hybridized carbons (Fsp3) is 0.407. The van der Waals surface area contributed by atoms with Crippen LogP contribution in [0.3, 0.4) is 0 Å². The van der Waals surface area contributed by atoms with Crippen LogP contribution in [0, 0.1) is 13.8 Å². The summed E-state index contributed by atoms with van der Waals surface area (Å²) in [5.41, 5.74) is 2.27. The van der Waals surface area contributed by atoms with Crippen molar-refractivity contribution in [1.82, 2.24) is 24.2 Å². The van der Waals surface area contributed by atoms with Crippen LogP contribution in [0.5, 0.6) is 0 Å². The second-order valence-electron chi connectivity index (χ2n) is 10.1. The lowest BCUT2D eigenvalue weighted by molar-refractivity contribution is -0.192. The lowest BCUT2D eigenvalue weighted by Crippen LogP contribution is -2.48. The van der Waals surface area contributed by atoms with Crippen LogP contribution in [-0.2, 0) is 23.3 Å². The normalized spacial score (nSPS) is 15.8. The van der Waals surface area contributed by atoms with Gasteiger partial charge >= 0.3 is 23.3 Å². The van der Waals surface area contributed by atoms with E-state index in [-0.39, 0.29) is 17.9 Å². The van der Waals surface area contributed by atoms with E-state index in [0.29, 0.717) is 25.5 Å². The molecule has 2 aliphatic rings. The number of fused-ring (bicyclic) bond motifs is 2. The number of aromatic nitrogens is 4. The molecule has 1 amide bonds. The largest absolute Gasteiger partial charge is 0.490 e. The summed E-state index contributed by atoms with van der Waals surface area (Å²) in [6.07, 6.45) is 0.463. The number of alkyl halides is 3. The average molecular weight is 560 g/mol. The zero-order valence-electron chi connectivity index (χ0n) is 21.9. The van der Waals surface area contributed by atoms with E-state index in [1.807, 2.05) is 36.9 Å². The van der Waals surface area contributed by atoms with Crippen LogP contribution in [-0.4, -0.2) is 60.5 Å². The molecule has 212 valence electrons. The highest BCUT2D eigenvalue weighted by atomic mass is 19.4. The van der Waals surface area contributed by atoms with E-state index < -0.39 is 23.3 Å². The van der Waals surface area contributed by atoms with E-state index in [9.17, 15) is 27.6 Å². The Morgan fingerprint density at radius 1 is 1.00 bits per heavy atom. The maximum atomic E-state index is 13.1. The Hall–Kier alpha value is -4.29. The first-order chi connectivity index (χ1) is 18.8. The highest BCUT2D eigenvalue weighted by molar-refractivity contribution is 5.94. The third-order valence-corrected chi connectivity index (χ3v) is 7.20. The number of carboxylic acid groups (broad SMARTS) is 1. The summed E-state index contributed by atoms with van der Waals surface area (Å²) < 4.78 is 34.6. The molecule has 1 aromatic carbocycles. The molecule has 2 aliphatic heterocycles. The fourth-order valence-electron chi connectivity index (χ4n) is 5.24. The Morgan fingerprint density at radius 2 is 1.60 bits per heavy atom. The van der Waals surface area contributed by atoms with Crippen molar-refractivity contribution in [1.29, 1.82) is 0 Å². The number of aryl methyl sites for hydroxylation is 2. The van der Waals surface area contributed by atoms with Gasteiger partial charge in [0.05, 0.1) is 6.54 Å². The molecule has 0 atom stereocenters. The molecule has 0 radical (unpaired) electrons. The minimum atomic E-state index is -5.08.